The maximum Gasteiger partial charge on any atom is 0.160 e. The molecular formula is C20H27NO3. The predicted octanol–water partition coefficient (Wildman–Crippen LogP) is 3.49. The summed E-state index contributed by atoms with van der Waals surface area (Å²) in [5, 5.41) is 33.8. The van der Waals surface area contributed by atoms with Crippen molar-refractivity contribution in [1.29, 1.82) is 0 Å². The summed E-state index contributed by atoms with van der Waals surface area (Å²) in [6, 6.07) is 11.2. The van der Waals surface area contributed by atoms with Gasteiger partial charge < -0.3 is 15.3 Å². The van der Waals surface area contributed by atoms with Gasteiger partial charge in [-0.3, -0.25) is 5.32 Å². The Labute approximate surface area is 143 Å². The van der Waals surface area contributed by atoms with Crippen LogP contribution in [-0.4, -0.2) is 20.9 Å². The van der Waals surface area contributed by atoms with Crippen molar-refractivity contribution in [2.24, 2.45) is 0 Å². The number of rotatable bonds is 5. The Morgan fingerprint density at radius 1 is 0.958 bits per heavy atom. The van der Waals surface area contributed by atoms with Crippen LogP contribution in [0.5, 0.6) is 11.5 Å². The van der Waals surface area contributed by atoms with Crippen molar-refractivity contribution in [3.8, 4) is 11.5 Å². The summed E-state index contributed by atoms with van der Waals surface area (Å²) in [6.07, 6.45) is 0.749. The average Bonchev–Trinajstić information content (AvgIpc) is 2.45. The van der Waals surface area contributed by atoms with Gasteiger partial charge in [-0.15, -0.1) is 0 Å². The second-order valence-electron chi connectivity index (χ2n) is 7.29. The highest BCUT2D eigenvalue weighted by Crippen LogP contribution is 2.35. The van der Waals surface area contributed by atoms with Gasteiger partial charge >= 0.3 is 0 Å². The lowest BCUT2D eigenvalue weighted by atomic mass is 9.89. The Bertz CT molecular complexity index is 736. The SMILES string of the molecule is Cc1ccccc1CC(C)(C)NC(C)(O)c1ccc(O)c(O)c1C. The first kappa shape index (κ1) is 18.3. The normalized spacial score (nSPS) is 14.4. The maximum absolute atomic E-state index is 11.0. The summed E-state index contributed by atoms with van der Waals surface area (Å²) >= 11 is 0. The van der Waals surface area contributed by atoms with Crippen molar-refractivity contribution >= 4 is 0 Å². The zero-order valence-electron chi connectivity index (χ0n) is 15.0. The fraction of sp³-hybridized carbons (Fsp3) is 0.400. The van der Waals surface area contributed by atoms with Gasteiger partial charge in [-0.25, -0.2) is 0 Å². The van der Waals surface area contributed by atoms with Crippen LogP contribution in [0.2, 0.25) is 0 Å². The van der Waals surface area contributed by atoms with Crippen molar-refractivity contribution in [2.45, 2.75) is 52.3 Å². The molecule has 2 aromatic rings. The van der Waals surface area contributed by atoms with E-state index in [0.29, 0.717) is 11.1 Å². The van der Waals surface area contributed by atoms with E-state index in [-0.39, 0.29) is 17.0 Å². The lowest BCUT2D eigenvalue weighted by Gasteiger charge is -2.37. The molecule has 0 aromatic heterocycles. The molecule has 4 nitrogen and oxygen atoms in total. The second-order valence-corrected chi connectivity index (χ2v) is 7.29. The van der Waals surface area contributed by atoms with Gasteiger partial charge in [0.15, 0.2) is 11.5 Å². The number of hydrogen-bond acceptors (Lipinski definition) is 4. The van der Waals surface area contributed by atoms with E-state index in [1.54, 1.807) is 19.9 Å². The molecule has 0 aliphatic rings. The van der Waals surface area contributed by atoms with Crippen molar-refractivity contribution < 1.29 is 15.3 Å². The third-order valence-corrected chi connectivity index (χ3v) is 4.41. The van der Waals surface area contributed by atoms with Crippen LogP contribution in [0.3, 0.4) is 0 Å². The third-order valence-electron chi connectivity index (χ3n) is 4.41. The largest absolute Gasteiger partial charge is 0.504 e. The van der Waals surface area contributed by atoms with Crippen molar-refractivity contribution in [2.75, 3.05) is 0 Å². The van der Waals surface area contributed by atoms with Crippen LogP contribution in [0.4, 0.5) is 0 Å². The Balaban J connectivity index is 2.27. The molecule has 0 radical (unpaired) electrons. The first-order chi connectivity index (χ1) is 11.0. The maximum atomic E-state index is 11.0. The number of nitrogens with one attached hydrogen (secondary N) is 1. The lowest BCUT2D eigenvalue weighted by Crippen LogP contribution is -2.53. The molecule has 0 amide bonds. The summed E-state index contributed by atoms with van der Waals surface area (Å²) < 4.78 is 0. The van der Waals surface area contributed by atoms with Crippen molar-refractivity contribution in [1.82, 2.24) is 5.32 Å². The lowest BCUT2D eigenvalue weighted by molar-refractivity contribution is -0.00836. The van der Waals surface area contributed by atoms with E-state index < -0.39 is 5.72 Å². The second kappa shape index (κ2) is 6.46. The standard InChI is InChI=1S/C20H27NO3/c1-13-8-6-7-9-15(13)12-19(3,4)21-20(5,24)16-10-11-17(22)18(23)14(16)2/h6-11,21-24H,12H2,1-5H3. The third kappa shape index (κ3) is 3.89. The number of aryl methyl sites for hydroxylation is 1. The molecule has 4 N–H and O–H groups in total. The highest BCUT2D eigenvalue weighted by atomic mass is 16.3. The zero-order valence-corrected chi connectivity index (χ0v) is 15.0. The molecule has 0 bridgehead atoms. The number of aromatic hydroxyl groups is 2. The van der Waals surface area contributed by atoms with Gasteiger partial charge in [-0.2, -0.15) is 0 Å². The summed E-state index contributed by atoms with van der Waals surface area (Å²) in [5.74, 6) is -0.391. The number of phenols is 2. The van der Waals surface area contributed by atoms with Crippen molar-refractivity contribution in [3.05, 3.63) is 58.7 Å². The van der Waals surface area contributed by atoms with Gasteiger partial charge in [-0.1, -0.05) is 30.3 Å². The van der Waals surface area contributed by atoms with Gasteiger partial charge in [0, 0.05) is 16.7 Å². The zero-order chi connectivity index (χ0) is 18.1. The highest BCUT2D eigenvalue weighted by Gasteiger charge is 2.33. The minimum atomic E-state index is -1.35. The molecule has 0 spiro atoms. The highest BCUT2D eigenvalue weighted by molar-refractivity contribution is 5.49. The van der Waals surface area contributed by atoms with Gasteiger partial charge in [0.05, 0.1) is 0 Å². The minimum absolute atomic E-state index is 0.189. The molecule has 2 rings (SSSR count). The Morgan fingerprint density at radius 3 is 2.21 bits per heavy atom. The van der Waals surface area contributed by atoms with Crippen molar-refractivity contribution in [3.63, 3.8) is 0 Å². The van der Waals surface area contributed by atoms with E-state index >= 15 is 0 Å². The fourth-order valence-corrected chi connectivity index (χ4v) is 3.27. The molecule has 24 heavy (non-hydrogen) atoms. The molecule has 1 atom stereocenters. The number of benzene rings is 2. The minimum Gasteiger partial charge on any atom is -0.504 e. The number of hydrogen-bond donors (Lipinski definition) is 4. The Kier molecular flexibility index (Phi) is 4.92. The monoisotopic (exact) mass is 329 g/mol. The van der Waals surface area contributed by atoms with E-state index in [0.717, 1.165) is 6.42 Å². The van der Waals surface area contributed by atoms with E-state index in [2.05, 4.69) is 24.4 Å². The molecule has 4 heteroatoms. The molecule has 0 saturated carbocycles. The molecule has 0 fully saturated rings. The molecule has 2 aromatic carbocycles. The summed E-state index contributed by atoms with van der Waals surface area (Å²) in [7, 11) is 0. The van der Waals surface area contributed by atoms with Crippen LogP contribution in [0.25, 0.3) is 0 Å². The number of phenolic OH excluding ortho intramolecular Hbond substituents is 2. The average molecular weight is 329 g/mol. The molecule has 0 saturated heterocycles. The van der Waals surface area contributed by atoms with E-state index in [4.69, 9.17) is 0 Å². The molecule has 0 aliphatic heterocycles. The van der Waals surface area contributed by atoms with Crippen LogP contribution in [0.15, 0.2) is 36.4 Å². The van der Waals surface area contributed by atoms with Gasteiger partial charge in [0.2, 0.25) is 0 Å². The molecule has 130 valence electrons. The van der Waals surface area contributed by atoms with Crippen LogP contribution >= 0.6 is 0 Å². The predicted molar refractivity (Wildman–Crippen MR) is 96.2 cm³/mol. The summed E-state index contributed by atoms with van der Waals surface area (Å²) in [6.45, 7) is 9.47. The summed E-state index contributed by atoms with van der Waals surface area (Å²) in [4.78, 5) is 0. The van der Waals surface area contributed by atoms with E-state index in [1.165, 1.54) is 17.2 Å². The van der Waals surface area contributed by atoms with E-state index in [1.807, 2.05) is 26.0 Å². The fourth-order valence-electron chi connectivity index (χ4n) is 3.27. The first-order valence-corrected chi connectivity index (χ1v) is 8.12. The Morgan fingerprint density at radius 2 is 1.58 bits per heavy atom. The molecule has 0 aliphatic carbocycles. The number of aliphatic hydroxyl groups is 1. The topological polar surface area (TPSA) is 72.7 Å². The van der Waals surface area contributed by atoms with Crippen LogP contribution < -0.4 is 5.32 Å². The van der Waals surface area contributed by atoms with Crippen LogP contribution in [0.1, 0.15) is 43.0 Å². The first-order valence-electron chi connectivity index (χ1n) is 8.12. The smallest absolute Gasteiger partial charge is 0.160 e. The molecule has 0 heterocycles. The Hall–Kier alpha value is -2.04. The van der Waals surface area contributed by atoms with E-state index in [9.17, 15) is 15.3 Å². The molecule has 1 unspecified atom stereocenters. The quantitative estimate of drug-likeness (QED) is 0.500. The van der Waals surface area contributed by atoms with Gasteiger partial charge in [0.25, 0.3) is 0 Å². The molecular weight excluding hydrogens is 302 g/mol. The summed E-state index contributed by atoms with van der Waals surface area (Å²) in [5.41, 5.74) is 1.70. The van der Waals surface area contributed by atoms with Crippen LogP contribution in [-0.2, 0) is 12.1 Å². The van der Waals surface area contributed by atoms with Gasteiger partial charge in [-0.05, 0) is 58.2 Å². The van der Waals surface area contributed by atoms with Crippen LogP contribution in [0, 0.1) is 13.8 Å². The van der Waals surface area contributed by atoms with Gasteiger partial charge in [0.1, 0.15) is 5.72 Å².